The van der Waals surface area contributed by atoms with Gasteiger partial charge in [0.25, 0.3) is 16.8 Å². The number of hydrogen-bond acceptors (Lipinski definition) is 6. The second kappa shape index (κ2) is 6.56. The molecule has 0 spiro atoms. The lowest BCUT2D eigenvalue weighted by atomic mass is 10.2. The Balaban J connectivity index is 1.79. The third-order valence-corrected chi connectivity index (χ3v) is 4.63. The Bertz CT molecular complexity index is 898. The van der Waals surface area contributed by atoms with Gasteiger partial charge in [-0.3, -0.25) is 24.6 Å². The summed E-state index contributed by atoms with van der Waals surface area (Å²) in [4.78, 5) is 36.3. The molecule has 1 aromatic heterocycles. The van der Waals surface area contributed by atoms with Crippen molar-refractivity contribution >= 4 is 34.7 Å². The lowest BCUT2D eigenvalue weighted by Crippen LogP contribution is -2.27. The van der Waals surface area contributed by atoms with E-state index in [1.165, 1.54) is 24.3 Å². The highest BCUT2D eigenvalue weighted by Crippen LogP contribution is 2.34. The van der Waals surface area contributed by atoms with Crippen LogP contribution in [0.1, 0.15) is 22.6 Å². The standard InChI is InChI=1S/C17H14N2O5S/c1-10-7-13(11(2)24-10)8-15-16(20)18(17(21)25-15)9-12-3-5-14(6-4-12)19(22)23/h3-8H,9H2,1-2H3/b15-8-. The number of nitro groups is 1. The third kappa shape index (κ3) is 3.48. The number of nitro benzene ring substituents is 1. The first-order valence-electron chi connectivity index (χ1n) is 7.41. The van der Waals surface area contributed by atoms with Crippen molar-refractivity contribution in [2.24, 2.45) is 0 Å². The van der Waals surface area contributed by atoms with Crippen molar-refractivity contribution in [2.75, 3.05) is 0 Å². The average Bonchev–Trinajstić information content (AvgIpc) is 3.01. The summed E-state index contributed by atoms with van der Waals surface area (Å²) in [6.07, 6.45) is 1.65. The van der Waals surface area contributed by atoms with Gasteiger partial charge in [0, 0.05) is 17.7 Å². The molecule has 8 heteroatoms. The first-order chi connectivity index (χ1) is 11.8. The Morgan fingerprint density at radius 2 is 1.92 bits per heavy atom. The van der Waals surface area contributed by atoms with Gasteiger partial charge in [-0.25, -0.2) is 0 Å². The zero-order valence-electron chi connectivity index (χ0n) is 13.5. The minimum Gasteiger partial charge on any atom is -0.466 e. The summed E-state index contributed by atoms with van der Waals surface area (Å²) in [5.41, 5.74) is 1.37. The van der Waals surface area contributed by atoms with Gasteiger partial charge in [0.05, 0.1) is 16.4 Å². The number of nitrogens with zero attached hydrogens (tertiary/aromatic N) is 2. The number of rotatable bonds is 4. The third-order valence-electron chi connectivity index (χ3n) is 3.73. The molecule has 1 aliphatic rings. The number of non-ortho nitro benzene ring substituents is 1. The number of carbonyl (C=O) groups is 2. The first-order valence-corrected chi connectivity index (χ1v) is 8.22. The SMILES string of the molecule is Cc1cc(/C=C2\SC(=O)N(Cc3ccc([N+](=O)[O-])cc3)C2=O)c(C)o1. The van der Waals surface area contributed by atoms with Crippen LogP contribution >= 0.6 is 11.8 Å². The fourth-order valence-electron chi connectivity index (χ4n) is 2.48. The minimum absolute atomic E-state index is 0.0383. The maximum atomic E-state index is 12.5. The summed E-state index contributed by atoms with van der Waals surface area (Å²) in [5.74, 6) is 1.03. The molecule has 0 radical (unpaired) electrons. The van der Waals surface area contributed by atoms with Crippen molar-refractivity contribution in [1.82, 2.24) is 4.90 Å². The summed E-state index contributed by atoms with van der Waals surface area (Å²) in [6, 6.07) is 7.58. The van der Waals surface area contributed by atoms with Gasteiger partial charge in [0.2, 0.25) is 0 Å². The van der Waals surface area contributed by atoms with E-state index in [0.717, 1.165) is 28.0 Å². The summed E-state index contributed by atoms with van der Waals surface area (Å²) >= 11 is 0.871. The van der Waals surface area contributed by atoms with E-state index in [1.54, 1.807) is 19.1 Å². The molecule has 3 rings (SSSR count). The Hall–Kier alpha value is -2.87. The molecule has 2 amide bonds. The molecule has 2 aromatic rings. The van der Waals surface area contributed by atoms with E-state index in [9.17, 15) is 19.7 Å². The molecular weight excluding hydrogens is 344 g/mol. The molecule has 0 atom stereocenters. The van der Waals surface area contributed by atoms with Gasteiger partial charge in [-0.15, -0.1) is 0 Å². The number of amides is 2. The van der Waals surface area contributed by atoms with Crippen LogP contribution in [0, 0.1) is 24.0 Å². The quantitative estimate of drug-likeness (QED) is 0.465. The number of carbonyl (C=O) groups excluding carboxylic acids is 2. The Labute approximate surface area is 147 Å². The van der Waals surface area contributed by atoms with Crippen LogP contribution in [-0.4, -0.2) is 21.0 Å². The van der Waals surface area contributed by atoms with E-state index in [0.29, 0.717) is 16.2 Å². The van der Waals surface area contributed by atoms with Gasteiger partial charge in [-0.1, -0.05) is 12.1 Å². The molecule has 0 unspecified atom stereocenters. The van der Waals surface area contributed by atoms with Crippen LogP contribution in [-0.2, 0) is 11.3 Å². The fraction of sp³-hybridized carbons (Fsp3) is 0.176. The van der Waals surface area contributed by atoms with E-state index < -0.39 is 4.92 Å². The lowest BCUT2D eigenvalue weighted by molar-refractivity contribution is -0.384. The molecule has 1 aliphatic heterocycles. The maximum Gasteiger partial charge on any atom is 0.293 e. The van der Waals surface area contributed by atoms with E-state index in [1.807, 2.05) is 6.92 Å². The van der Waals surface area contributed by atoms with Gasteiger partial charge in [-0.2, -0.15) is 0 Å². The Morgan fingerprint density at radius 3 is 2.48 bits per heavy atom. The zero-order chi connectivity index (χ0) is 18.1. The van der Waals surface area contributed by atoms with Crippen LogP contribution in [0.15, 0.2) is 39.7 Å². The number of aryl methyl sites for hydroxylation is 2. The van der Waals surface area contributed by atoms with Crippen LogP contribution in [0.3, 0.4) is 0 Å². The Kier molecular flexibility index (Phi) is 4.45. The molecule has 0 aliphatic carbocycles. The Morgan fingerprint density at radius 1 is 1.24 bits per heavy atom. The van der Waals surface area contributed by atoms with Crippen molar-refractivity contribution in [1.29, 1.82) is 0 Å². The van der Waals surface area contributed by atoms with Crippen LogP contribution in [0.4, 0.5) is 10.5 Å². The highest BCUT2D eigenvalue weighted by Gasteiger charge is 2.35. The molecule has 0 saturated carbocycles. The van der Waals surface area contributed by atoms with Gasteiger partial charge in [0.1, 0.15) is 11.5 Å². The normalized spacial score (nSPS) is 16.1. The summed E-state index contributed by atoms with van der Waals surface area (Å²) in [5, 5.41) is 10.3. The number of furan rings is 1. The van der Waals surface area contributed by atoms with Crippen LogP contribution < -0.4 is 0 Å². The predicted octanol–water partition coefficient (Wildman–Crippen LogP) is 4.04. The fourth-order valence-corrected chi connectivity index (χ4v) is 3.31. The molecule has 7 nitrogen and oxygen atoms in total. The number of imide groups is 1. The van der Waals surface area contributed by atoms with Crippen molar-refractivity contribution in [3.63, 3.8) is 0 Å². The van der Waals surface area contributed by atoms with Crippen molar-refractivity contribution < 1.29 is 18.9 Å². The van der Waals surface area contributed by atoms with E-state index in [-0.39, 0.29) is 23.4 Å². The number of thioether (sulfide) groups is 1. The first kappa shape index (κ1) is 17.0. The van der Waals surface area contributed by atoms with E-state index in [4.69, 9.17) is 4.42 Å². The largest absolute Gasteiger partial charge is 0.466 e. The number of benzene rings is 1. The topological polar surface area (TPSA) is 93.7 Å². The average molecular weight is 358 g/mol. The lowest BCUT2D eigenvalue weighted by Gasteiger charge is -2.12. The van der Waals surface area contributed by atoms with Crippen molar-refractivity contribution in [3.8, 4) is 0 Å². The highest BCUT2D eigenvalue weighted by molar-refractivity contribution is 8.18. The molecule has 0 bridgehead atoms. The van der Waals surface area contributed by atoms with Crippen LogP contribution in [0.2, 0.25) is 0 Å². The van der Waals surface area contributed by atoms with Gasteiger partial charge in [-0.05, 0) is 43.3 Å². The molecule has 2 heterocycles. The van der Waals surface area contributed by atoms with Gasteiger partial charge < -0.3 is 4.42 Å². The van der Waals surface area contributed by atoms with Gasteiger partial charge in [0.15, 0.2) is 0 Å². The predicted molar refractivity (Wildman–Crippen MR) is 92.8 cm³/mol. The molecule has 128 valence electrons. The van der Waals surface area contributed by atoms with Crippen molar-refractivity contribution in [2.45, 2.75) is 20.4 Å². The summed E-state index contributed by atoms with van der Waals surface area (Å²) < 4.78 is 5.42. The molecule has 25 heavy (non-hydrogen) atoms. The molecule has 1 saturated heterocycles. The number of hydrogen-bond donors (Lipinski definition) is 0. The van der Waals surface area contributed by atoms with Crippen LogP contribution in [0.25, 0.3) is 6.08 Å². The molecule has 1 fully saturated rings. The van der Waals surface area contributed by atoms with Crippen LogP contribution in [0.5, 0.6) is 0 Å². The minimum atomic E-state index is -0.498. The van der Waals surface area contributed by atoms with Gasteiger partial charge >= 0.3 is 0 Å². The monoisotopic (exact) mass is 358 g/mol. The van der Waals surface area contributed by atoms with Crippen molar-refractivity contribution in [3.05, 3.63) is 68.0 Å². The maximum absolute atomic E-state index is 12.5. The van der Waals surface area contributed by atoms with E-state index in [2.05, 4.69) is 0 Å². The van der Waals surface area contributed by atoms with E-state index >= 15 is 0 Å². The summed E-state index contributed by atoms with van der Waals surface area (Å²) in [7, 11) is 0. The molecule has 0 N–H and O–H groups in total. The highest BCUT2D eigenvalue weighted by atomic mass is 32.2. The molecular formula is C17H14N2O5S. The second-order valence-electron chi connectivity index (χ2n) is 5.56. The zero-order valence-corrected chi connectivity index (χ0v) is 14.3. The smallest absolute Gasteiger partial charge is 0.293 e. The second-order valence-corrected chi connectivity index (χ2v) is 6.55. The summed E-state index contributed by atoms with van der Waals surface area (Å²) in [6.45, 7) is 3.67. The molecule has 1 aromatic carbocycles.